The lowest BCUT2D eigenvalue weighted by molar-refractivity contribution is -0.157. The number of hydrogen-bond donors (Lipinski definition) is 2. The maximum absolute atomic E-state index is 12.4. The Kier molecular flexibility index (Phi) is 5.37. The molecule has 4 heteroatoms. The molecule has 0 aliphatic heterocycles. The second-order valence-corrected chi connectivity index (χ2v) is 9.98. The first-order chi connectivity index (χ1) is 13.0. The molecule has 2 aliphatic carbocycles. The highest BCUT2D eigenvalue weighted by molar-refractivity contribution is 5.93. The molecule has 1 aromatic rings. The van der Waals surface area contributed by atoms with Gasteiger partial charge in [0.1, 0.15) is 0 Å². The number of fused-ring (bicyclic) bond motifs is 3. The van der Waals surface area contributed by atoms with Crippen LogP contribution in [0.1, 0.15) is 89.8 Å². The van der Waals surface area contributed by atoms with Crippen LogP contribution >= 0.6 is 0 Å². The van der Waals surface area contributed by atoms with Crippen molar-refractivity contribution in [1.82, 2.24) is 0 Å². The maximum Gasteiger partial charge on any atom is 0.309 e. The Morgan fingerprint density at radius 2 is 1.82 bits per heavy atom. The fourth-order valence-corrected chi connectivity index (χ4v) is 5.65. The molecular formula is C24H35NO3. The van der Waals surface area contributed by atoms with Crippen LogP contribution < -0.4 is 5.32 Å². The van der Waals surface area contributed by atoms with E-state index in [-0.39, 0.29) is 23.2 Å². The van der Waals surface area contributed by atoms with Crippen LogP contribution in [-0.4, -0.2) is 17.0 Å². The Balaban J connectivity index is 2.12. The second kappa shape index (κ2) is 7.20. The van der Waals surface area contributed by atoms with E-state index in [1.54, 1.807) is 0 Å². The van der Waals surface area contributed by atoms with Gasteiger partial charge in [-0.3, -0.25) is 9.59 Å². The molecule has 1 amide bonds. The summed E-state index contributed by atoms with van der Waals surface area (Å²) < 4.78 is 0. The summed E-state index contributed by atoms with van der Waals surface area (Å²) in [5, 5.41) is 13.1. The van der Waals surface area contributed by atoms with Gasteiger partial charge in [0.15, 0.2) is 0 Å². The van der Waals surface area contributed by atoms with Gasteiger partial charge in [0, 0.05) is 11.6 Å². The van der Waals surface area contributed by atoms with Gasteiger partial charge in [-0.2, -0.15) is 0 Å². The van der Waals surface area contributed by atoms with Crippen LogP contribution in [0.3, 0.4) is 0 Å². The van der Waals surface area contributed by atoms with Gasteiger partial charge in [-0.25, -0.2) is 0 Å². The van der Waals surface area contributed by atoms with E-state index in [9.17, 15) is 14.7 Å². The summed E-state index contributed by atoms with van der Waals surface area (Å²) in [6, 6.07) is 4.44. The number of benzene rings is 1. The lowest BCUT2D eigenvalue weighted by atomic mass is 9.49. The Bertz CT molecular complexity index is 797. The molecule has 0 aromatic heterocycles. The standard InChI is InChI=1S/C24H35NO3/c1-14(2)17-12-16-8-9-20-23(5,10-7-11-24(20,6)22(27)28)18(16)13-19(17)25-21(26)15(3)4/h12-15,20H,7-11H2,1-6H3,(H,25,26)(H,27,28)/t20-,23-,24-/m1/s1. The van der Waals surface area contributed by atoms with Gasteiger partial charge in [0.05, 0.1) is 5.41 Å². The van der Waals surface area contributed by atoms with Crippen LogP contribution in [0, 0.1) is 17.3 Å². The van der Waals surface area contributed by atoms with Gasteiger partial charge in [0.2, 0.25) is 5.91 Å². The zero-order chi connectivity index (χ0) is 20.9. The maximum atomic E-state index is 12.4. The van der Waals surface area contributed by atoms with Crippen LogP contribution in [-0.2, 0) is 21.4 Å². The SMILES string of the molecule is CC(C)C(=O)Nc1cc2c(cc1C(C)C)CC[C@H]1[C@](C)(C(=O)O)CCC[C@]21C. The molecule has 1 aromatic carbocycles. The van der Waals surface area contributed by atoms with E-state index in [0.29, 0.717) is 5.92 Å². The van der Waals surface area contributed by atoms with Crippen LogP contribution in [0.4, 0.5) is 5.69 Å². The first-order valence-corrected chi connectivity index (χ1v) is 10.7. The van der Waals surface area contributed by atoms with Crippen molar-refractivity contribution in [3.05, 3.63) is 28.8 Å². The average molecular weight is 386 g/mol. The fourth-order valence-electron chi connectivity index (χ4n) is 5.65. The molecule has 0 bridgehead atoms. The van der Waals surface area contributed by atoms with Crippen molar-refractivity contribution in [2.75, 3.05) is 5.32 Å². The van der Waals surface area contributed by atoms with Crippen LogP contribution in [0.15, 0.2) is 12.1 Å². The number of aliphatic carboxylic acids is 1. The fraction of sp³-hybridized carbons (Fsp3) is 0.667. The Labute approximate surface area is 169 Å². The molecule has 1 saturated carbocycles. The zero-order valence-corrected chi connectivity index (χ0v) is 18.2. The summed E-state index contributed by atoms with van der Waals surface area (Å²) in [5.74, 6) is -0.284. The third kappa shape index (κ3) is 3.25. The number of carbonyl (C=O) groups excluding carboxylic acids is 1. The molecule has 2 N–H and O–H groups in total. The summed E-state index contributed by atoms with van der Waals surface area (Å²) >= 11 is 0. The topological polar surface area (TPSA) is 66.4 Å². The first kappa shape index (κ1) is 20.9. The van der Waals surface area contributed by atoms with E-state index in [1.807, 2.05) is 20.8 Å². The summed E-state index contributed by atoms with van der Waals surface area (Å²) in [7, 11) is 0. The molecule has 1 fully saturated rings. The summed E-state index contributed by atoms with van der Waals surface area (Å²) in [6.07, 6.45) is 4.51. The minimum Gasteiger partial charge on any atom is -0.481 e. The normalized spacial score (nSPS) is 29.4. The zero-order valence-electron chi connectivity index (χ0n) is 18.2. The lowest BCUT2D eigenvalue weighted by Gasteiger charge is -2.53. The quantitative estimate of drug-likeness (QED) is 0.719. The third-order valence-corrected chi connectivity index (χ3v) is 7.42. The second-order valence-electron chi connectivity index (χ2n) is 9.98. The van der Waals surface area contributed by atoms with Crippen LogP contribution in [0.2, 0.25) is 0 Å². The van der Waals surface area contributed by atoms with Gasteiger partial charge in [0.25, 0.3) is 0 Å². The smallest absolute Gasteiger partial charge is 0.309 e. The van der Waals surface area contributed by atoms with Gasteiger partial charge in [-0.1, -0.05) is 47.1 Å². The molecule has 3 rings (SSSR count). The van der Waals surface area contributed by atoms with Crippen molar-refractivity contribution < 1.29 is 14.7 Å². The largest absolute Gasteiger partial charge is 0.481 e. The monoisotopic (exact) mass is 385 g/mol. The van der Waals surface area contributed by atoms with Crippen molar-refractivity contribution in [2.24, 2.45) is 17.3 Å². The molecule has 0 unspecified atom stereocenters. The molecule has 0 heterocycles. The van der Waals surface area contributed by atoms with Crippen molar-refractivity contribution in [3.8, 4) is 0 Å². The highest BCUT2D eigenvalue weighted by Crippen LogP contribution is 2.58. The molecule has 0 radical (unpaired) electrons. The van der Waals surface area contributed by atoms with E-state index >= 15 is 0 Å². The number of anilines is 1. The molecule has 3 atom stereocenters. The molecule has 0 saturated heterocycles. The van der Waals surface area contributed by atoms with E-state index in [1.165, 1.54) is 16.7 Å². The van der Waals surface area contributed by atoms with Gasteiger partial charge >= 0.3 is 5.97 Å². The summed E-state index contributed by atoms with van der Waals surface area (Å²) in [6.45, 7) is 12.3. The van der Waals surface area contributed by atoms with E-state index in [0.717, 1.165) is 37.8 Å². The van der Waals surface area contributed by atoms with Crippen molar-refractivity contribution in [1.29, 1.82) is 0 Å². The third-order valence-electron chi connectivity index (χ3n) is 7.42. The van der Waals surface area contributed by atoms with Crippen molar-refractivity contribution in [2.45, 2.75) is 85.0 Å². The number of carbonyl (C=O) groups is 2. The van der Waals surface area contributed by atoms with Crippen LogP contribution in [0.25, 0.3) is 0 Å². The first-order valence-electron chi connectivity index (χ1n) is 10.7. The molecule has 2 aliphatic rings. The average Bonchev–Trinajstić information content (AvgIpc) is 2.61. The number of rotatable bonds is 4. The minimum absolute atomic E-state index is 0.0263. The van der Waals surface area contributed by atoms with Gasteiger partial charge in [-0.15, -0.1) is 0 Å². The van der Waals surface area contributed by atoms with E-state index in [2.05, 4.69) is 38.2 Å². The number of nitrogens with one attached hydrogen (secondary N) is 1. The van der Waals surface area contributed by atoms with Crippen molar-refractivity contribution >= 4 is 17.6 Å². The lowest BCUT2D eigenvalue weighted by Crippen LogP contribution is -2.52. The summed E-state index contributed by atoms with van der Waals surface area (Å²) in [4.78, 5) is 24.6. The van der Waals surface area contributed by atoms with Gasteiger partial charge in [-0.05, 0) is 72.6 Å². The molecule has 0 spiro atoms. The molecular weight excluding hydrogens is 350 g/mol. The summed E-state index contributed by atoms with van der Waals surface area (Å²) in [5.41, 5.74) is 3.82. The van der Waals surface area contributed by atoms with Crippen LogP contribution in [0.5, 0.6) is 0 Å². The Morgan fingerprint density at radius 1 is 1.14 bits per heavy atom. The van der Waals surface area contributed by atoms with Gasteiger partial charge < -0.3 is 10.4 Å². The highest BCUT2D eigenvalue weighted by atomic mass is 16.4. The number of carboxylic acids is 1. The van der Waals surface area contributed by atoms with E-state index in [4.69, 9.17) is 0 Å². The number of hydrogen-bond acceptors (Lipinski definition) is 2. The minimum atomic E-state index is -0.678. The molecule has 4 nitrogen and oxygen atoms in total. The number of carboxylic acid groups (broad SMARTS) is 1. The highest BCUT2D eigenvalue weighted by Gasteiger charge is 2.55. The Morgan fingerprint density at radius 3 is 2.39 bits per heavy atom. The van der Waals surface area contributed by atoms with E-state index < -0.39 is 11.4 Å². The molecule has 154 valence electrons. The predicted molar refractivity (Wildman–Crippen MR) is 113 cm³/mol. The van der Waals surface area contributed by atoms with Crippen molar-refractivity contribution in [3.63, 3.8) is 0 Å². The number of amides is 1. The number of aryl methyl sites for hydroxylation is 1. The Hall–Kier alpha value is -1.84. The molecule has 28 heavy (non-hydrogen) atoms. The predicted octanol–water partition coefficient (Wildman–Crippen LogP) is 5.50.